The molecule has 1 aliphatic heterocycles. The lowest BCUT2D eigenvalue weighted by molar-refractivity contribution is -0.142. The Balaban J connectivity index is 2.30. The fourth-order valence-corrected chi connectivity index (χ4v) is 2.55. The molecule has 1 aromatic carbocycles. The van der Waals surface area contributed by atoms with Gasteiger partial charge in [-0.15, -0.1) is 0 Å². The highest BCUT2D eigenvalue weighted by molar-refractivity contribution is 5.85. The monoisotopic (exact) mass is 290 g/mol. The average Bonchev–Trinajstić information content (AvgIpc) is 2.43. The van der Waals surface area contributed by atoms with Crippen molar-refractivity contribution in [2.45, 2.75) is 39.3 Å². The second kappa shape index (κ2) is 5.48. The Morgan fingerprint density at radius 3 is 2.52 bits per heavy atom. The molecule has 1 amide bonds. The van der Waals surface area contributed by atoms with E-state index in [2.05, 4.69) is 0 Å². The summed E-state index contributed by atoms with van der Waals surface area (Å²) >= 11 is 0. The van der Waals surface area contributed by atoms with Crippen molar-refractivity contribution in [3.63, 3.8) is 0 Å². The summed E-state index contributed by atoms with van der Waals surface area (Å²) in [5, 5.41) is 9.41. The van der Waals surface area contributed by atoms with E-state index < -0.39 is 17.9 Å². The minimum absolute atomic E-state index is 0.176. The first-order chi connectivity index (χ1) is 9.71. The van der Waals surface area contributed by atoms with Crippen LogP contribution >= 0.6 is 0 Å². The van der Waals surface area contributed by atoms with Crippen molar-refractivity contribution in [3.8, 4) is 0 Å². The van der Waals surface area contributed by atoms with Gasteiger partial charge in [0, 0.05) is 13.1 Å². The number of carbonyl (C=O) groups excluding carboxylic acids is 1. The summed E-state index contributed by atoms with van der Waals surface area (Å²) in [6.07, 6.45) is 0. The topological polar surface area (TPSA) is 83.6 Å². The normalized spacial score (nSPS) is 19.8. The minimum atomic E-state index is -0.913. The third-order valence-corrected chi connectivity index (χ3v) is 4.00. The van der Waals surface area contributed by atoms with Crippen molar-refractivity contribution in [3.05, 3.63) is 35.4 Å². The third-order valence-electron chi connectivity index (χ3n) is 4.00. The predicted molar refractivity (Wildman–Crippen MR) is 79.7 cm³/mol. The molecule has 21 heavy (non-hydrogen) atoms. The molecule has 1 heterocycles. The van der Waals surface area contributed by atoms with E-state index in [0.29, 0.717) is 6.54 Å². The fourth-order valence-electron chi connectivity index (χ4n) is 2.55. The number of hydrogen-bond acceptors (Lipinski definition) is 3. The van der Waals surface area contributed by atoms with Crippen molar-refractivity contribution in [2.24, 2.45) is 11.1 Å². The van der Waals surface area contributed by atoms with Gasteiger partial charge < -0.3 is 15.7 Å². The van der Waals surface area contributed by atoms with Crippen molar-refractivity contribution in [1.82, 2.24) is 4.90 Å². The van der Waals surface area contributed by atoms with Gasteiger partial charge in [-0.3, -0.25) is 9.59 Å². The minimum Gasteiger partial charge on any atom is -0.481 e. The molecule has 5 heteroatoms. The number of amides is 1. The van der Waals surface area contributed by atoms with E-state index >= 15 is 0 Å². The number of aliphatic carboxylic acids is 1. The highest BCUT2D eigenvalue weighted by atomic mass is 16.4. The van der Waals surface area contributed by atoms with E-state index in [-0.39, 0.29) is 17.9 Å². The molecule has 2 atom stereocenters. The number of benzene rings is 1. The highest BCUT2D eigenvalue weighted by Crippen LogP contribution is 2.30. The van der Waals surface area contributed by atoms with Gasteiger partial charge in [0.2, 0.25) is 5.91 Å². The van der Waals surface area contributed by atoms with Crippen LogP contribution in [0.4, 0.5) is 0 Å². The second-order valence-electron chi connectivity index (χ2n) is 6.65. The van der Waals surface area contributed by atoms with Gasteiger partial charge in [-0.1, -0.05) is 45.0 Å². The zero-order valence-corrected chi connectivity index (χ0v) is 12.7. The first kappa shape index (κ1) is 15.5. The van der Waals surface area contributed by atoms with Crippen molar-refractivity contribution in [1.29, 1.82) is 0 Å². The van der Waals surface area contributed by atoms with Gasteiger partial charge in [-0.05, 0) is 16.5 Å². The van der Waals surface area contributed by atoms with Crippen LogP contribution in [0.2, 0.25) is 0 Å². The molecule has 0 radical (unpaired) electrons. The van der Waals surface area contributed by atoms with Crippen LogP contribution in [0.3, 0.4) is 0 Å². The molecule has 0 fully saturated rings. The maximum Gasteiger partial charge on any atom is 0.312 e. The number of rotatable bonds is 2. The predicted octanol–water partition coefficient (Wildman–Crippen LogP) is 1.57. The van der Waals surface area contributed by atoms with Crippen molar-refractivity contribution in [2.75, 3.05) is 6.54 Å². The number of carbonyl (C=O) groups is 2. The Bertz CT molecular complexity index is 563. The van der Waals surface area contributed by atoms with Gasteiger partial charge in [0.15, 0.2) is 0 Å². The summed E-state index contributed by atoms with van der Waals surface area (Å²) in [5.41, 5.74) is 7.34. The van der Waals surface area contributed by atoms with Crippen LogP contribution in [-0.2, 0) is 16.1 Å². The van der Waals surface area contributed by atoms with E-state index in [1.165, 1.54) is 0 Å². The molecule has 0 bridgehead atoms. The maximum absolute atomic E-state index is 12.5. The highest BCUT2D eigenvalue weighted by Gasteiger charge is 2.37. The van der Waals surface area contributed by atoms with Crippen LogP contribution in [0.5, 0.6) is 0 Å². The van der Waals surface area contributed by atoms with E-state index in [0.717, 1.165) is 11.1 Å². The maximum atomic E-state index is 12.5. The number of carboxylic acid groups (broad SMARTS) is 1. The van der Waals surface area contributed by atoms with Crippen molar-refractivity contribution < 1.29 is 14.7 Å². The molecule has 1 unspecified atom stereocenters. The lowest BCUT2D eigenvalue weighted by Crippen LogP contribution is -2.52. The summed E-state index contributed by atoms with van der Waals surface area (Å²) in [6.45, 7) is 6.31. The molecule has 5 nitrogen and oxygen atoms in total. The standard InChI is InChI=1S/C16H22N2O3/c1-16(2,3)13(17)14(19)18-8-10-6-4-5-7-11(10)12(9-18)15(20)21/h4-7,12-13H,8-9,17H2,1-3H3,(H,20,21)/t12?,13-/m1/s1. The smallest absolute Gasteiger partial charge is 0.312 e. The Kier molecular flexibility index (Phi) is 4.05. The Morgan fingerprint density at radius 1 is 1.33 bits per heavy atom. The molecular formula is C16H22N2O3. The summed E-state index contributed by atoms with van der Waals surface area (Å²) in [4.78, 5) is 25.6. The average molecular weight is 290 g/mol. The molecule has 0 saturated carbocycles. The number of nitrogens with two attached hydrogens (primary N) is 1. The van der Waals surface area contributed by atoms with Crippen LogP contribution in [0.25, 0.3) is 0 Å². The van der Waals surface area contributed by atoms with Crippen LogP contribution < -0.4 is 5.73 Å². The number of fused-ring (bicyclic) bond motifs is 1. The zero-order chi connectivity index (χ0) is 15.8. The molecule has 0 spiro atoms. The van der Waals surface area contributed by atoms with Gasteiger partial charge in [-0.25, -0.2) is 0 Å². The first-order valence-electron chi connectivity index (χ1n) is 7.07. The summed E-state index contributed by atoms with van der Waals surface area (Å²) in [6, 6.07) is 6.73. The summed E-state index contributed by atoms with van der Waals surface area (Å²) < 4.78 is 0. The first-order valence-corrected chi connectivity index (χ1v) is 7.07. The van der Waals surface area contributed by atoms with Gasteiger partial charge in [0.25, 0.3) is 0 Å². The molecule has 1 aromatic rings. The quantitative estimate of drug-likeness (QED) is 0.866. The second-order valence-corrected chi connectivity index (χ2v) is 6.65. The summed E-state index contributed by atoms with van der Waals surface area (Å²) in [7, 11) is 0. The Morgan fingerprint density at radius 2 is 1.95 bits per heavy atom. The van der Waals surface area contributed by atoms with Gasteiger partial charge in [-0.2, -0.15) is 0 Å². The number of nitrogens with zero attached hydrogens (tertiary/aromatic N) is 1. The molecule has 3 N–H and O–H groups in total. The SMILES string of the molecule is CC(C)(C)[C@H](N)C(=O)N1Cc2ccccc2C(C(=O)O)C1. The van der Waals surface area contributed by atoms with Crippen LogP contribution in [-0.4, -0.2) is 34.5 Å². The molecule has 0 aromatic heterocycles. The fraction of sp³-hybridized carbons (Fsp3) is 0.500. The van der Waals surface area contributed by atoms with Crippen LogP contribution in [0.1, 0.15) is 37.8 Å². The molecular weight excluding hydrogens is 268 g/mol. The number of carboxylic acids is 1. The molecule has 2 rings (SSSR count). The van der Waals surface area contributed by atoms with Gasteiger partial charge in [0.1, 0.15) is 0 Å². The zero-order valence-electron chi connectivity index (χ0n) is 12.7. The lowest BCUT2D eigenvalue weighted by Gasteiger charge is -2.37. The van der Waals surface area contributed by atoms with Crippen LogP contribution in [0.15, 0.2) is 24.3 Å². The van der Waals surface area contributed by atoms with E-state index in [9.17, 15) is 14.7 Å². The Labute approximate surface area is 124 Å². The molecule has 0 saturated heterocycles. The summed E-state index contributed by atoms with van der Waals surface area (Å²) in [5.74, 6) is -1.79. The molecule has 0 aliphatic carbocycles. The van der Waals surface area contributed by atoms with E-state index in [1.807, 2.05) is 45.0 Å². The van der Waals surface area contributed by atoms with E-state index in [4.69, 9.17) is 5.73 Å². The van der Waals surface area contributed by atoms with Crippen LogP contribution in [0, 0.1) is 5.41 Å². The molecule has 1 aliphatic rings. The van der Waals surface area contributed by atoms with Gasteiger partial charge in [0.05, 0.1) is 12.0 Å². The molecule has 114 valence electrons. The third kappa shape index (κ3) is 3.08. The van der Waals surface area contributed by atoms with Gasteiger partial charge >= 0.3 is 5.97 Å². The largest absolute Gasteiger partial charge is 0.481 e. The van der Waals surface area contributed by atoms with E-state index in [1.54, 1.807) is 4.90 Å². The number of hydrogen-bond donors (Lipinski definition) is 2. The lowest BCUT2D eigenvalue weighted by atomic mass is 9.84. The van der Waals surface area contributed by atoms with Crippen molar-refractivity contribution >= 4 is 11.9 Å². The Hall–Kier alpha value is -1.88.